The molecule has 0 saturated carbocycles. The summed E-state index contributed by atoms with van der Waals surface area (Å²) in [6.07, 6.45) is 29.9. The first-order valence-corrected chi connectivity index (χ1v) is 21.4. The van der Waals surface area contributed by atoms with E-state index in [0.29, 0.717) is 13.2 Å². The fraction of sp³-hybridized carbons (Fsp3) is 0.625. The standard InChI is InChI=1S/C48H74O3/c1-5-9-13-17-21-28-40-30-26-36-47(43(40)33-23-19-15-11-7-3)50-38-42-32-25-35-46(49)45(42)39-51-48-37-27-31-41(29-22-18-14-10-6-2)44(48)34-24-20-16-12-8-4/h25-27,30-32,35-37,49H,5-24,28-29,33-34,38-39H2,1-4H3. The van der Waals surface area contributed by atoms with E-state index in [1.807, 2.05) is 6.07 Å². The molecule has 3 nitrogen and oxygen atoms in total. The Bertz CT molecular complexity index is 1330. The summed E-state index contributed by atoms with van der Waals surface area (Å²) in [5.41, 5.74) is 7.45. The Morgan fingerprint density at radius 2 is 0.745 bits per heavy atom. The van der Waals surface area contributed by atoms with Crippen LogP contribution in [0.4, 0.5) is 0 Å². The third-order valence-electron chi connectivity index (χ3n) is 10.6. The van der Waals surface area contributed by atoms with Crippen molar-refractivity contribution in [1.29, 1.82) is 0 Å². The second-order valence-corrected chi connectivity index (χ2v) is 14.9. The first kappa shape index (κ1) is 42.5. The summed E-state index contributed by atoms with van der Waals surface area (Å²) in [5, 5.41) is 11.1. The number of unbranched alkanes of at least 4 members (excludes halogenated alkanes) is 16. The van der Waals surface area contributed by atoms with Gasteiger partial charge in [-0.25, -0.2) is 0 Å². The van der Waals surface area contributed by atoms with Gasteiger partial charge in [0.15, 0.2) is 0 Å². The monoisotopic (exact) mass is 699 g/mol. The Morgan fingerprint density at radius 1 is 0.373 bits per heavy atom. The zero-order chi connectivity index (χ0) is 36.4. The maximum atomic E-state index is 11.1. The Labute approximate surface area is 314 Å². The highest BCUT2D eigenvalue weighted by Crippen LogP contribution is 2.32. The molecule has 0 aliphatic carbocycles. The molecule has 0 aliphatic rings. The molecule has 3 heteroatoms. The molecule has 0 aliphatic heterocycles. The van der Waals surface area contributed by atoms with Crippen LogP contribution in [0.15, 0.2) is 54.6 Å². The van der Waals surface area contributed by atoms with Crippen LogP contribution in [0.1, 0.15) is 189 Å². The fourth-order valence-corrected chi connectivity index (χ4v) is 7.41. The van der Waals surface area contributed by atoms with E-state index in [4.69, 9.17) is 9.47 Å². The van der Waals surface area contributed by atoms with Crippen molar-refractivity contribution in [1.82, 2.24) is 0 Å². The molecule has 1 N–H and O–H groups in total. The molecule has 0 heterocycles. The number of ether oxygens (including phenoxy) is 2. The first-order chi connectivity index (χ1) is 25.1. The lowest BCUT2D eigenvalue weighted by molar-refractivity contribution is 0.276. The number of phenols is 1. The van der Waals surface area contributed by atoms with E-state index in [-0.39, 0.29) is 5.75 Å². The quantitative estimate of drug-likeness (QED) is 0.0704. The topological polar surface area (TPSA) is 38.7 Å². The van der Waals surface area contributed by atoms with Crippen LogP contribution in [0.2, 0.25) is 0 Å². The highest BCUT2D eigenvalue weighted by Gasteiger charge is 2.16. The predicted octanol–water partition coefficient (Wildman–Crippen LogP) is 14.6. The Morgan fingerprint density at radius 3 is 1.20 bits per heavy atom. The van der Waals surface area contributed by atoms with Crippen molar-refractivity contribution in [2.75, 3.05) is 0 Å². The molecule has 0 radical (unpaired) electrons. The second kappa shape index (κ2) is 26.8. The van der Waals surface area contributed by atoms with Crippen molar-refractivity contribution < 1.29 is 14.6 Å². The Balaban J connectivity index is 1.76. The number of phenolic OH excluding ortho intramolecular Hbond substituents is 1. The van der Waals surface area contributed by atoms with Crippen molar-refractivity contribution >= 4 is 0 Å². The smallest absolute Gasteiger partial charge is 0.123 e. The molecule has 0 aromatic heterocycles. The molecule has 51 heavy (non-hydrogen) atoms. The number of hydrogen-bond donors (Lipinski definition) is 1. The number of rotatable bonds is 30. The minimum absolute atomic E-state index is 0.279. The lowest BCUT2D eigenvalue weighted by Gasteiger charge is -2.19. The zero-order valence-corrected chi connectivity index (χ0v) is 33.3. The summed E-state index contributed by atoms with van der Waals surface area (Å²) < 4.78 is 13.3. The number of aryl methyl sites for hydroxylation is 2. The summed E-state index contributed by atoms with van der Waals surface area (Å²) in [4.78, 5) is 0. The van der Waals surface area contributed by atoms with Crippen LogP contribution in [-0.2, 0) is 38.9 Å². The van der Waals surface area contributed by atoms with Crippen molar-refractivity contribution in [3.8, 4) is 17.2 Å². The lowest BCUT2D eigenvalue weighted by atomic mass is 9.95. The number of aromatic hydroxyl groups is 1. The normalized spacial score (nSPS) is 11.3. The summed E-state index contributed by atoms with van der Waals surface area (Å²) >= 11 is 0. The second-order valence-electron chi connectivity index (χ2n) is 14.9. The first-order valence-electron chi connectivity index (χ1n) is 21.4. The van der Waals surface area contributed by atoms with Crippen molar-refractivity contribution in [2.24, 2.45) is 0 Å². The molecule has 0 spiro atoms. The van der Waals surface area contributed by atoms with Crippen LogP contribution < -0.4 is 9.47 Å². The van der Waals surface area contributed by atoms with Gasteiger partial charge in [-0.1, -0.05) is 167 Å². The predicted molar refractivity (Wildman–Crippen MR) is 220 cm³/mol. The number of benzene rings is 3. The van der Waals surface area contributed by atoms with Crippen LogP contribution in [0, 0.1) is 0 Å². The van der Waals surface area contributed by atoms with Gasteiger partial charge >= 0.3 is 0 Å². The van der Waals surface area contributed by atoms with Crippen LogP contribution in [0.5, 0.6) is 17.2 Å². The molecular formula is C48H74O3. The van der Waals surface area contributed by atoms with Crippen molar-refractivity contribution in [2.45, 2.75) is 195 Å². The molecule has 0 bridgehead atoms. The summed E-state index contributed by atoms with van der Waals surface area (Å²) in [6, 6.07) is 19.1. The Kier molecular flexibility index (Phi) is 22.3. The molecule has 3 aromatic carbocycles. The van der Waals surface area contributed by atoms with E-state index >= 15 is 0 Å². The van der Waals surface area contributed by atoms with Crippen LogP contribution in [0.25, 0.3) is 0 Å². The lowest BCUT2D eigenvalue weighted by Crippen LogP contribution is -2.08. The van der Waals surface area contributed by atoms with Gasteiger partial charge in [-0.15, -0.1) is 0 Å². The molecule has 3 rings (SSSR count). The molecule has 0 saturated heterocycles. The largest absolute Gasteiger partial charge is 0.508 e. The minimum Gasteiger partial charge on any atom is -0.508 e. The summed E-state index contributed by atoms with van der Waals surface area (Å²) in [6.45, 7) is 9.86. The summed E-state index contributed by atoms with van der Waals surface area (Å²) in [5.74, 6) is 2.26. The van der Waals surface area contributed by atoms with Gasteiger partial charge in [-0.3, -0.25) is 0 Å². The fourth-order valence-electron chi connectivity index (χ4n) is 7.41. The van der Waals surface area contributed by atoms with E-state index in [1.54, 1.807) is 6.07 Å². The SMILES string of the molecule is CCCCCCCc1cccc(OCc2cccc(O)c2COc2cccc(CCCCCCC)c2CCCCCCC)c1CCCCCCC. The Hall–Kier alpha value is -2.94. The van der Waals surface area contributed by atoms with E-state index in [2.05, 4.69) is 70.2 Å². The van der Waals surface area contributed by atoms with Gasteiger partial charge in [0.05, 0.1) is 0 Å². The molecule has 0 fully saturated rings. The maximum absolute atomic E-state index is 11.1. The van der Waals surface area contributed by atoms with Gasteiger partial charge in [0.2, 0.25) is 0 Å². The highest BCUT2D eigenvalue weighted by atomic mass is 16.5. The minimum atomic E-state index is 0.279. The van der Waals surface area contributed by atoms with Gasteiger partial charge in [0.1, 0.15) is 30.5 Å². The summed E-state index contributed by atoms with van der Waals surface area (Å²) in [7, 11) is 0. The van der Waals surface area contributed by atoms with Crippen molar-refractivity contribution in [3.63, 3.8) is 0 Å². The third-order valence-corrected chi connectivity index (χ3v) is 10.6. The third kappa shape index (κ3) is 16.1. The molecule has 284 valence electrons. The van der Waals surface area contributed by atoms with E-state index in [0.717, 1.165) is 48.3 Å². The molecule has 0 atom stereocenters. The van der Waals surface area contributed by atoms with Crippen LogP contribution in [0.3, 0.4) is 0 Å². The van der Waals surface area contributed by atoms with Gasteiger partial charge in [-0.05, 0) is 97.4 Å². The van der Waals surface area contributed by atoms with Gasteiger partial charge in [0.25, 0.3) is 0 Å². The van der Waals surface area contributed by atoms with E-state index < -0.39 is 0 Å². The van der Waals surface area contributed by atoms with Gasteiger partial charge < -0.3 is 14.6 Å². The van der Waals surface area contributed by atoms with Gasteiger partial charge in [0, 0.05) is 5.56 Å². The molecular weight excluding hydrogens is 625 g/mol. The number of hydrogen-bond acceptors (Lipinski definition) is 3. The highest BCUT2D eigenvalue weighted by molar-refractivity contribution is 5.44. The van der Waals surface area contributed by atoms with Gasteiger partial charge in [-0.2, -0.15) is 0 Å². The average Bonchev–Trinajstić information content (AvgIpc) is 3.14. The van der Waals surface area contributed by atoms with Crippen LogP contribution >= 0.6 is 0 Å². The van der Waals surface area contributed by atoms with E-state index in [1.165, 1.54) is 151 Å². The average molecular weight is 699 g/mol. The zero-order valence-electron chi connectivity index (χ0n) is 33.3. The van der Waals surface area contributed by atoms with Crippen LogP contribution in [-0.4, -0.2) is 5.11 Å². The molecule has 0 unspecified atom stereocenters. The van der Waals surface area contributed by atoms with E-state index in [9.17, 15) is 5.11 Å². The van der Waals surface area contributed by atoms with Crippen molar-refractivity contribution in [3.05, 3.63) is 88.0 Å². The molecule has 3 aromatic rings. The molecule has 0 amide bonds. The maximum Gasteiger partial charge on any atom is 0.123 e.